The number of hydrogen-bond donors (Lipinski definition) is 0. The van der Waals surface area contributed by atoms with Crippen LogP contribution in [0.2, 0.25) is 0 Å². The highest BCUT2D eigenvalue weighted by Crippen LogP contribution is 2.46. The lowest BCUT2D eigenvalue weighted by molar-refractivity contribution is 0.673. The van der Waals surface area contributed by atoms with E-state index in [-0.39, 0.29) is 0 Å². The van der Waals surface area contributed by atoms with Crippen molar-refractivity contribution in [3.63, 3.8) is 0 Å². The van der Waals surface area contributed by atoms with E-state index in [1.807, 2.05) is 72.8 Å². The van der Waals surface area contributed by atoms with Gasteiger partial charge in [0.1, 0.15) is 11.2 Å². The fourth-order valence-electron chi connectivity index (χ4n) is 7.09. The van der Waals surface area contributed by atoms with Gasteiger partial charge in [-0.25, -0.2) is 15.0 Å². The Morgan fingerprint density at radius 2 is 1.04 bits per heavy atom. The minimum absolute atomic E-state index is 0.601. The van der Waals surface area contributed by atoms with Crippen LogP contribution in [0.15, 0.2) is 162 Å². The fourth-order valence-corrected chi connectivity index (χ4v) is 7.09. The zero-order valence-electron chi connectivity index (χ0n) is 25.7. The Morgan fingerprint density at radius 3 is 1.75 bits per heavy atom. The summed E-state index contributed by atoms with van der Waals surface area (Å²) in [5, 5.41) is 6.59. The Kier molecular flexibility index (Phi) is 5.81. The van der Waals surface area contributed by atoms with Crippen molar-refractivity contribution in [3.05, 3.63) is 158 Å². The van der Waals surface area contributed by atoms with Crippen molar-refractivity contribution >= 4 is 54.5 Å². The topological polar surface area (TPSA) is 56.7 Å². The van der Waals surface area contributed by atoms with Crippen LogP contribution in [-0.4, -0.2) is 19.5 Å². The van der Waals surface area contributed by atoms with Gasteiger partial charge in [0.15, 0.2) is 17.5 Å². The first kappa shape index (κ1) is 26.6. The molecule has 10 aromatic rings. The highest BCUT2D eigenvalue weighted by atomic mass is 16.3. The molecular weight excluding hydrogens is 589 g/mol. The predicted molar refractivity (Wildman–Crippen MR) is 195 cm³/mol. The van der Waals surface area contributed by atoms with Gasteiger partial charge in [-0.3, -0.25) is 0 Å². The van der Waals surface area contributed by atoms with Gasteiger partial charge in [0.25, 0.3) is 0 Å². The third kappa shape index (κ3) is 4.01. The highest BCUT2D eigenvalue weighted by Gasteiger charge is 2.26. The Labute approximate surface area is 275 Å². The predicted octanol–water partition coefficient (Wildman–Crippen LogP) is 11.0. The first-order valence-electron chi connectivity index (χ1n) is 16.0. The number of hydrogen-bond acceptors (Lipinski definition) is 4. The molecule has 0 saturated heterocycles. The van der Waals surface area contributed by atoms with Crippen molar-refractivity contribution in [2.24, 2.45) is 0 Å². The van der Waals surface area contributed by atoms with Crippen LogP contribution in [0.1, 0.15) is 0 Å². The summed E-state index contributed by atoms with van der Waals surface area (Å²) in [5.74, 6) is 1.85. The lowest BCUT2D eigenvalue weighted by atomic mass is 9.99. The minimum atomic E-state index is 0.601. The van der Waals surface area contributed by atoms with E-state index < -0.39 is 0 Å². The Balaban J connectivity index is 1.44. The maximum atomic E-state index is 6.78. The molecule has 0 unspecified atom stereocenters. The van der Waals surface area contributed by atoms with Gasteiger partial charge in [0.05, 0.1) is 16.4 Å². The smallest absolute Gasteiger partial charge is 0.166 e. The molecule has 0 aliphatic rings. The zero-order valence-corrected chi connectivity index (χ0v) is 25.7. The van der Waals surface area contributed by atoms with Crippen molar-refractivity contribution in [3.8, 4) is 39.9 Å². The van der Waals surface area contributed by atoms with E-state index in [1.54, 1.807) is 0 Å². The molecule has 0 N–H and O–H groups in total. The van der Waals surface area contributed by atoms with Gasteiger partial charge in [0.2, 0.25) is 0 Å². The average molecular weight is 615 g/mol. The molecule has 5 heteroatoms. The van der Waals surface area contributed by atoms with Crippen LogP contribution < -0.4 is 0 Å². The second-order valence-corrected chi connectivity index (χ2v) is 12.0. The maximum absolute atomic E-state index is 6.78. The number of para-hydroxylation sites is 2. The van der Waals surface area contributed by atoms with Crippen LogP contribution in [0.5, 0.6) is 0 Å². The number of furan rings is 1. The summed E-state index contributed by atoms with van der Waals surface area (Å²) < 4.78 is 9.12. The van der Waals surface area contributed by atoms with Crippen molar-refractivity contribution in [2.75, 3.05) is 0 Å². The van der Waals surface area contributed by atoms with Crippen molar-refractivity contribution in [1.82, 2.24) is 19.5 Å². The molecule has 0 fully saturated rings. The molecule has 0 radical (unpaired) electrons. The second-order valence-electron chi connectivity index (χ2n) is 12.0. The highest BCUT2D eigenvalue weighted by molar-refractivity contribution is 6.32. The Hall–Kier alpha value is -6.59. The molecule has 5 nitrogen and oxygen atoms in total. The van der Waals surface area contributed by atoms with Crippen LogP contribution in [0.4, 0.5) is 0 Å². The molecule has 48 heavy (non-hydrogen) atoms. The summed E-state index contributed by atoms with van der Waals surface area (Å²) in [6.07, 6.45) is 0. The molecule has 0 saturated carbocycles. The van der Waals surface area contributed by atoms with Gasteiger partial charge in [-0.1, -0.05) is 127 Å². The van der Waals surface area contributed by atoms with Crippen LogP contribution in [-0.2, 0) is 0 Å². The third-order valence-corrected chi connectivity index (χ3v) is 9.22. The number of aromatic nitrogens is 4. The van der Waals surface area contributed by atoms with Gasteiger partial charge in [-0.05, 0) is 41.1 Å². The summed E-state index contributed by atoms with van der Waals surface area (Å²) in [6.45, 7) is 0. The summed E-state index contributed by atoms with van der Waals surface area (Å²) in [7, 11) is 0. The van der Waals surface area contributed by atoms with E-state index in [0.717, 1.165) is 66.1 Å². The average Bonchev–Trinajstić information content (AvgIpc) is 3.72. The van der Waals surface area contributed by atoms with E-state index in [2.05, 4.69) is 89.5 Å². The van der Waals surface area contributed by atoms with Crippen LogP contribution in [0.3, 0.4) is 0 Å². The summed E-state index contributed by atoms with van der Waals surface area (Å²) in [6, 6.07) is 54.2. The molecule has 10 rings (SSSR count). The monoisotopic (exact) mass is 614 g/mol. The van der Waals surface area contributed by atoms with Gasteiger partial charge in [0, 0.05) is 38.5 Å². The standard InChI is InChI=1S/C43H26N4O/c1-4-15-28(16-5-1)41-44-42(29-17-6-2-7-18-29)46-43(45-41)34-26-33-32-22-12-13-23-36(32)48-40(33)38-37-31-21-11-10-14-27(31)24-25-35(37)47(39(34)38)30-19-8-3-9-20-30/h1-26H. The third-order valence-electron chi connectivity index (χ3n) is 9.22. The van der Waals surface area contributed by atoms with Crippen LogP contribution in [0.25, 0.3) is 94.4 Å². The molecule has 7 aromatic carbocycles. The van der Waals surface area contributed by atoms with Gasteiger partial charge in [-0.2, -0.15) is 0 Å². The molecule has 3 heterocycles. The Bertz CT molecular complexity index is 2760. The van der Waals surface area contributed by atoms with Crippen LogP contribution >= 0.6 is 0 Å². The number of rotatable bonds is 4. The lowest BCUT2D eigenvalue weighted by Crippen LogP contribution is -2.02. The van der Waals surface area contributed by atoms with Crippen molar-refractivity contribution < 1.29 is 4.42 Å². The fraction of sp³-hybridized carbons (Fsp3) is 0. The normalized spacial score (nSPS) is 11.8. The summed E-state index contributed by atoms with van der Waals surface area (Å²) in [4.78, 5) is 15.4. The van der Waals surface area contributed by atoms with E-state index in [4.69, 9.17) is 19.4 Å². The number of nitrogens with zero attached hydrogens (tertiary/aromatic N) is 4. The molecule has 224 valence electrons. The molecule has 0 bridgehead atoms. The largest absolute Gasteiger partial charge is 0.455 e. The Morgan fingerprint density at radius 1 is 0.458 bits per heavy atom. The first-order chi connectivity index (χ1) is 23.8. The van der Waals surface area contributed by atoms with E-state index in [1.165, 1.54) is 10.8 Å². The minimum Gasteiger partial charge on any atom is -0.455 e. The van der Waals surface area contributed by atoms with Crippen LogP contribution in [0, 0.1) is 0 Å². The molecule has 0 amide bonds. The van der Waals surface area contributed by atoms with E-state index in [9.17, 15) is 0 Å². The van der Waals surface area contributed by atoms with Crippen molar-refractivity contribution in [1.29, 1.82) is 0 Å². The summed E-state index contributed by atoms with van der Waals surface area (Å²) in [5.41, 5.74) is 7.59. The molecule has 0 aliphatic carbocycles. The molecule has 0 spiro atoms. The number of fused-ring (bicyclic) bond motifs is 9. The van der Waals surface area contributed by atoms with Crippen molar-refractivity contribution in [2.45, 2.75) is 0 Å². The van der Waals surface area contributed by atoms with Gasteiger partial charge in [-0.15, -0.1) is 0 Å². The van der Waals surface area contributed by atoms with Gasteiger partial charge < -0.3 is 8.98 Å². The first-order valence-corrected chi connectivity index (χ1v) is 16.0. The van der Waals surface area contributed by atoms with E-state index >= 15 is 0 Å². The molecule has 0 aliphatic heterocycles. The second kappa shape index (κ2) is 10.5. The molecular formula is C43H26N4O. The summed E-state index contributed by atoms with van der Waals surface area (Å²) >= 11 is 0. The number of benzene rings is 7. The SMILES string of the molecule is c1ccc(-c2nc(-c3ccccc3)nc(-c3cc4c5ccccc5oc4c4c5c6ccccc6ccc5n(-c5ccccc5)c34)n2)cc1. The van der Waals surface area contributed by atoms with Gasteiger partial charge >= 0.3 is 0 Å². The zero-order chi connectivity index (χ0) is 31.6. The molecule has 3 aromatic heterocycles. The maximum Gasteiger partial charge on any atom is 0.166 e. The lowest BCUT2D eigenvalue weighted by Gasteiger charge is -2.13. The molecule has 0 atom stereocenters. The quantitative estimate of drug-likeness (QED) is 0.198. The van der Waals surface area contributed by atoms with E-state index in [0.29, 0.717) is 17.5 Å².